The highest BCUT2D eigenvalue weighted by Crippen LogP contribution is 1.90. The molecule has 0 radical (unpaired) electrons. The maximum Gasteiger partial charge on any atom is 0.247 e. The zero-order chi connectivity index (χ0) is 10.8. The highest BCUT2D eigenvalue weighted by molar-refractivity contribution is 5.92. The van der Waals surface area contributed by atoms with E-state index in [0.29, 0.717) is 5.92 Å². The normalized spacial score (nSPS) is 12.0. The summed E-state index contributed by atoms with van der Waals surface area (Å²) in [5.41, 5.74) is 0. The fourth-order valence-corrected chi connectivity index (χ4v) is 0.597. The van der Waals surface area contributed by atoms with Gasteiger partial charge in [0.2, 0.25) is 5.91 Å². The summed E-state index contributed by atoms with van der Waals surface area (Å²) in [7, 11) is 1.44. The molecular weight excluding hydrogens is 180 g/mol. The minimum absolute atomic E-state index is 0.190. The number of amides is 1. The topological polar surface area (TPSA) is 50.7 Å². The predicted octanol–water partition coefficient (Wildman–Crippen LogP) is 1.46. The van der Waals surface area contributed by atoms with Crippen molar-refractivity contribution in [2.24, 2.45) is 11.1 Å². The maximum absolute atomic E-state index is 11.0. The van der Waals surface area contributed by atoms with Crippen LogP contribution in [0.3, 0.4) is 0 Å². The summed E-state index contributed by atoms with van der Waals surface area (Å²) in [6.45, 7) is 4.06. The van der Waals surface area contributed by atoms with E-state index in [2.05, 4.69) is 15.3 Å². The van der Waals surface area contributed by atoms with Crippen LogP contribution in [-0.2, 0) is 9.63 Å². The molecule has 0 aromatic heterocycles. The van der Waals surface area contributed by atoms with Crippen molar-refractivity contribution in [1.82, 2.24) is 5.32 Å². The second-order valence-corrected chi connectivity index (χ2v) is 2.91. The van der Waals surface area contributed by atoms with Gasteiger partial charge in [-0.05, 0) is 12.0 Å². The second-order valence-electron chi connectivity index (χ2n) is 2.91. The van der Waals surface area contributed by atoms with E-state index in [9.17, 15) is 4.79 Å². The largest absolute Gasteiger partial charge is 0.399 e. The Morgan fingerprint density at radius 3 is 2.79 bits per heavy atom. The lowest BCUT2D eigenvalue weighted by Gasteiger charge is -1.94. The van der Waals surface area contributed by atoms with Crippen LogP contribution in [0.4, 0.5) is 0 Å². The lowest BCUT2D eigenvalue weighted by Crippen LogP contribution is -2.13. The van der Waals surface area contributed by atoms with Gasteiger partial charge in [-0.15, -0.1) is 0 Å². The van der Waals surface area contributed by atoms with E-state index >= 15 is 0 Å². The minimum Gasteiger partial charge on any atom is -0.399 e. The van der Waals surface area contributed by atoms with Crippen molar-refractivity contribution in [3.8, 4) is 0 Å². The Bertz CT molecular complexity index is 243. The van der Waals surface area contributed by atoms with E-state index in [0.717, 1.165) is 0 Å². The fraction of sp³-hybridized carbons (Fsp3) is 0.400. The Labute approximate surface area is 84.3 Å². The third-order valence-corrected chi connectivity index (χ3v) is 1.21. The minimum atomic E-state index is -0.190. The summed E-state index contributed by atoms with van der Waals surface area (Å²) in [6.07, 6.45) is 7.79. The molecule has 14 heavy (non-hydrogen) atoms. The molecule has 0 spiro atoms. The van der Waals surface area contributed by atoms with E-state index in [1.165, 1.54) is 25.5 Å². The van der Waals surface area contributed by atoms with Gasteiger partial charge in [0.1, 0.15) is 7.11 Å². The smallest absolute Gasteiger partial charge is 0.247 e. The molecule has 0 unspecified atom stereocenters. The number of hydrogen-bond donors (Lipinski definition) is 1. The molecule has 0 saturated heterocycles. The number of carbonyl (C=O) groups excluding carboxylic acids is 1. The Hall–Kier alpha value is -1.58. The monoisotopic (exact) mass is 196 g/mol. The Kier molecular flexibility index (Phi) is 7.13. The molecule has 0 rings (SSSR count). The Balaban J connectivity index is 3.76. The average molecular weight is 196 g/mol. The van der Waals surface area contributed by atoms with Gasteiger partial charge < -0.3 is 10.2 Å². The molecule has 0 aliphatic carbocycles. The Morgan fingerprint density at radius 1 is 1.50 bits per heavy atom. The number of oxime groups is 1. The molecule has 0 aromatic rings. The molecule has 0 atom stereocenters. The van der Waals surface area contributed by atoms with Crippen molar-refractivity contribution in [2.75, 3.05) is 7.11 Å². The molecule has 0 saturated carbocycles. The Morgan fingerprint density at radius 2 is 2.21 bits per heavy atom. The molecular formula is C10H16N2O2. The molecule has 0 aromatic carbocycles. The van der Waals surface area contributed by atoms with E-state index in [4.69, 9.17) is 0 Å². The van der Waals surface area contributed by atoms with Crippen LogP contribution in [0.2, 0.25) is 0 Å². The van der Waals surface area contributed by atoms with E-state index < -0.39 is 0 Å². The fourth-order valence-electron chi connectivity index (χ4n) is 0.597. The SMILES string of the molecule is CO/N=C/C=C\C(=O)N/C=C\C(C)C. The highest BCUT2D eigenvalue weighted by Gasteiger charge is 1.88. The van der Waals surface area contributed by atoms with Crippen LogP contribution in [0.25, 0.3) is 0 Å². The lowest BCUT2D eigenvalue weighted by molar-refractivity contribution is -0.115. The number of nitrogens with one attached hydrogen (secondary N) is 1. The second kappa shape index (κ2) is 8.04. The van der Waals surface area contributed by atoms with Crippen LogP contribution >= 0.6 is 0 Å². The summed E-state index contributed by atoms with van der Waals surface area (Å²) < 4.78 is 0. The van der Waals surface area contributed by atoms with Crippen LogP contribution in [0.5, 0.6) is 0 Å². The van der Waals surface area contributed by atoms with Crippen molar-refractivity contribution in [3.05, 3.63) is 24.4 Å². The van der Waals surface area contributed by atoms with Gasteiger partial charge in [0.05, 0.1) is 6.21 Å². The molecule has 0 aliphatic heterocycles. The first-order valence-corrected chi connectivity index (χ1v) is 4.37. The number of allylic oxidation sites excluding steroid dienone is 2. The molecule has 1 N–H and O–H groups in total. The van der Waals surface area contributed by atoms with Crippen molar-refractivity contribution >= 4 is 12.1 Å². The van der Waals surface area contributed by atoms with Crippen LogP contribution < -0.4 is 5.32 Å². The predicted molar refractivity (Wildman–Crippen MR) is 56.8 cm³/mol. The average Bonchev–Trinajstić information content (AvgIpc) is 2.12. The molecule has 1 amide bonds. The number of nitrogens with zero attached hydrogens (tertiary/aromatic N) is 1. The lowest BCUT2D eigenvalue weighted by atomic mass is 10.2. The highest BCUT2D eigenvalue weighted by atomic mass is 16.6. The maximum atomic E-state index is 11.0. The van der Waals surface area contributed by atoms with Gasteiger partial charge >= 0.3 is 0 Å². The third-order valence-electron chi connectivity index (χ3n) is 1.21. The van der Waals surface area contributed by atoms with Crippen LogP contribution in [0.1, 0.15) is 13.8 Å². The summed E-state index contributed by atoms with van der Waals surface area (Å²) in [5, 5.41) is 6.02. The number of carbonyl (C=O) groups is 1. The summed E-state index contributed by atoms with van der Waals surface area (Å²) in [4.78, 5) is 15.4. The van der Waals surface area contributed by atoms with Crippen molar-refractivity contribution in [2.45, 2.75) is 13.8 Å². The van der Waals surface area contributed by atoms with Gasteiger partial charge in [-0.3, -0.25) is 4.79 Å². The van der Waals surface area contributed by atoms with E-state index in [1.807, 2.05) is 19.9 Å². The first-order chi connectivity index (χ1) is 6.66. The number of rotatable bonds is 5. The first kappa shape index (κ1) is 12.4. The van der Waals surface area contributed by atoms with Gasteiger partial charge in [-0.25, -0.2) is 0 Å². The number of hydrogen-bond acceptors (Lipinski definition) is 3. The standard InChI is InChI=1S/C10H16N2O2/c1-9(2)6-8-11-10(13)5-4-7-12-14-3/h4-9H,1-3H3,(H,11,13)/b5-4-,8-6-,12-7+. The molecule has 78 valence electrons. The van der Waals surface area contributed by atoms with Gasteiger partial charge in [0.25, 0.3) is 0 Å². The molecule has 4 heteroatoms. The molecule has 4 nitrogen and oxygen atoms in total. The van der Waals surface area contributed by atoms with Crippen molar-refractivity contribution < 1.29 is 9.63 Å². The molecule has 0 fully saturated rings. The van der Waals surface area contributed by atoms with Crippen LogP contribution in [0.15, 0.2) is 29.6 Å². The van der Waals surface area contributed by atoms with Gasteiger partial charge in [0.15, 0.2) is 0 Å². The molecule has 0 heterocycles. The zero-order valence-electron chi connectivity index (χ0n) is 8.73. The van der Waals surface area contributed by atoms with Crippen LogP contribution in [0, 0.1) is 5.92 Å². The van der Waals surface area contributed by atoms with Gasteiger partial charge in [-0.1, -0.05) is 25.1 Å². The molecule has 0 aliphatic rings. The zero-order valence-corrected chi connectivity index (χ0v) is 8.73. The summed E-state index contributed by atoms with van der Waals surface area (Å²) >= 11 is 0. The van der Waals surface area contributed by atoms with Gasteiger partial charge in [0, 0.05) is 12.3 Å². The molecule has 0 bridgehead atoms. The quantitative estimate of drug-likeness (QED) is 0.411. The van der Waals surface area contributed by atoms with Gasteiger partial charge in [-0.2, -0.15) is 0 Å². The van der Waals surface area contributed by atoms with E-state index in [-0.39, 0.29) is 5.91 Å². The van der Waals surface area contributed by atoms with Crippen molar-refractivity contribution in [1.29, 1.82) is 0 Å². The summed E-state index contributed by atoms with van der Waals surface area (Å²) in [5.74, 6) is 0.235. The first-order valence-electron chi connectivity index (χ1n) is 4.37. The third kappa shape index (κ3) is 8.52. The summed E-state index contributed by atoms with van der Waals surface area (Å²) in [6, 6.07) is 0. The van der Waals surface area contributed by atoms with E-state index in [1.54, 1.807) is 6.20 Å². The van der Waals surface area contributed by atoms with Crippen LogP contribution in [-0.4, -0.2) is 19.2 Å². The van der Waals surface area contributed by atoms with Crippen molar-refractivity contribution in [3.63, 3.8) is 0 Å².